The number of rotatable bonds is 3. The summed E-state index contributed by atoms with van der Waals surface area (Å²) in [6.45, 7) is 1.28. The third-order valence-corrected chi connectivity index (χ3v) is 4.80. The molecule has 3 rings (SSSR count). The van der Waals surface area contributed by atoms with E-state index in [-0.39, 0.29) is 23.6 Å². The molecule has 1 amide bonds. The van der Waals surface area contributed by atoms with Gasteiger partial charge in [0.2, 0.25) is 0 Å². The van der Waals surface area contributed by atoms with Crippen LogP contribution in [0.1, 0.15) is 40.9 Å². The number of carbonyl (C=O) groups excluding carboxylic acids is 1. The molecule has 126 valence electrons. The first-order chi connectivity index (χ1) is 10.9. The van der Waals surface area contributed by atoms with Gasteiger partial charge in [-0.2, -0.15) is 0 Å². The van der Waals surface area contributed by atoms with E-state index in [2.05, 4.69) is 4.98 Å². The number of likely N-dealkylation sites (tertiary alicyclic amines) is 1. The summed E-state index contributed by atoms with van der Waals surface area (Å²) in [5.74, 6) is -0.269. The highest BCUT2D eigenvalue weighted by atomic mass is 16.3. The fourth-order valence-electron chi connectivity index (χ4n) is 3.75. The second kappa shape index (κ2) is 6.09. The van der Waals surface area contributed by atoms with E-state index >= 15 is 0 Å². The van der Waals surface area contributed by atoms with Crippen LogP contribution in [-0.2, 0) is 12.8 Å². The summed E-state index contributed by atoms with van der Waals surface area (Å²) in [5.41, 5.74) is 1.07. The van der Waals surface area contributed by atoms with E-state index in [1.165, 1.54) is 0 Å². The molecule has 0 spiro atoms. The highest BCUT2D eigenvalue weighted by molar-refractivity contribution is 5.94. The van der Waals surface area contributed by atoms with Gasteiger partial charge in [-0.15, -0.1) is 0 Å². The van der Waals surface area contributed by atoms with Gasteiger partial charge in [0.05, 0.1) is 12.1 Å². The van der Waals surface area contributed by atoms with E-state index in [1.54, 1.807) is 11.0 Å². The number of nitrogens with zero attached hydrogens (tertiary/aromatic N) is 2. The van der Waals surface area contributed by atoms with Crippen molar-refractivity contribution in [3.63, 3.8) is 0 Å². The fourth-order valence-corrected chi connectivity index (χ4v) is 3.75. The van der Waals surface area contributed by atoms with Gasteiger partial charge in [-0.3, -0.25) is 9.59 Å². The van der Waals surface area contributed by atoms with Crippen LogP contribution in [0.25, 0.3) is 0 Å². The standard InChI is InChI=1S/C17H25N3O3/c1-19(2)10-17(23)7-8-20(11-17)16(22)13-9-12-5-3-4-6-14(12)18-15(13)21/h9,23H,3-8,10-11H2,1-2H3,(H,18,21). The van der Waals surface area contributed by atoms with Gasteiger partial charge in [-0.25, -0.2) is 0 Å². The Morgan fingerprint density at radius 2 is 2.13 bits per heavy atom. The molecule has 2 N–H and O–H groups in total. The van der Waals surface area contributed by atoms with Crippen molar-refractivity contribution in [3.8, 4) is 0 Å². The lowest BCUT2D eigenvalue weighted by Gasteiger charge is -2.26. The second-order valence-electron chi connectivity index (χ2n) is 7.16. The number of aromatic nitrogens is 1. The quantitative estimate of drug-likeness (QED) is 0.845. The molecular weight excluding hydrogens is 294 g/mol. The third kappa shape index (κ3) is 3.33. The zero-order valence-electron chi connectivity index (χ0n) is 13.9. The number of nitrogens with one attached hydrogen (secondary N) is 1. The van der Waals surface area contributed by atoms with E-state index in [9.17, 15) is 14.7 Å². The Bertz CT molecular complexity index is 668. The molecule has 0 saturated carbocycles. The average Bonchev–Trinajstić information content (AvgIpc) is 2.87. The van der Waals surface area contributed by atoms with Gasteiger partial charge < -0.3 is 19.9 Å². The van der Waals surface area contributed by atoms with Crippen LogP contribution in [0.2, 0.25) is 0 Å². The number of hydrogen-bond donors (Lipinski definition) is 2. The molecule has 2 aliphatic rings. The molecule has 0 radical (unpaired) electrons. The lowest BCUT2D eigenvalue weighted by molar-refractivity contribution is 0.0236. The van der Waals surface area contributed by atoms with Crippen molar-refractivity contribution in [2.45, 2.75) is 37.7 Å². The molecule has 1 fully saturated rings. The number of aliphatic hydroxyl groups is 1. The summed E-state index contributed by atoms with van der Waals surface area (Å²) in [6.07, 6.45) is 4.51. The average molecular weight is 319 g/mol. The van der Waals surface area contributed by atoms with Crippen molar-refractivity contribution in [2.24, 2.45) is 0 Å². The molecule has 23 heavy (non-hydrogen) atoms. The first-order valence-electron chi connectivity index (χ1n) is 8.29. The Morgan fingerprint density at radius 3 is 2.87 bits per heavy atom. The van der Waals surface area contributed by atoms with Crippen LogP contribution in [0.5, 0.6) is 0 Å². The van der Waals surface area contributed by atoms with E-state index in [0.717, 1.165) is 36.9 Å². The van der Waals surface area contributed by atoms with Gasteiger partial charge in [0.15, 0.2) is 0 Å². The van der Waals surface area contributed by atoms with Crippen LogP contribution in [0.15, 0.2) is 10.9 Å². The fraction of sp³-hybridized carbons (Fsp3) is 0.647. The summed E-state index contributed by atoms with van der Waals surface area (Å²) in [4.78, 5) is 31.4. The molecular formula is C17H25N3O3. The van der Waals surface area contributed by atoms with Gasteiger partial charge >= 0.3 is 0 Å². The van der Waals surface area contributed by atoms with Crippen LogP contribution in [0.3, 0.4) is 0 Å². The number of fused-ring (bicyclic) bond motifs is 1. The summed E-state index contributed by atoms with van der Waals surface area (Å²) < 4.78 is 0. The SMILES string of the molecule is CN(C)CC1(O)CCN(C(=O)c2cc3c([nH]c2=O)CCCC3)C1. The minimum atomic E-state index is -0.889. The first kappa shape index (κ1) is 16.2. The van der Waals surface area contributed by atoms with Gasteiger partial charge in [0.25, 0.3) is 11.5 Å². The third-order valence-electron chi connectivity index (χ3n) is 4.80. The highest BCUT2D eigenvalue weighted by Crippen LogP contribution is 2.24. The van der Waals surface area contributed by atoms with Gasteiger partial charge in [0, 0.05) is 18.8 Å². The molecule has 1 aliphatic heterocycles. The largest absolute Gasteiger partial charge is 0.387 e. The molecule has 0 aromatic carbocycles. The molecule has 0 bridgehead atoms. The maximum Gasteiger partial charge on any atom is 0.261 e. The van der Waals surface area contributed by atoms with Crippen molar-refractivity contribution < 1.29 is 9.90 Å². The minimum absolute atomic E-state index is 0.208. The van der Waals surface area contributed by atoms with E-state index in [1.807, 2.05) is 19.0 Å². The van der Waals surface area contributed by atoms with E-state index in [4.69, 9.17) is 0 Å². The number of β-amino-alcohol motifs (C(OH)–C–C–N with tert-alkyl or cyclic N) is 1. The molecule has 1 aromatic heterocycles. The summed E-state index contributed by atoms with van der Waals surface area (Å²) in [6, 6.07) is 1.76. The number of H-pyrrole nitrogens is 1. The molecule has 6 nitrogen and oxygen atoms in total. The molecule has 1 aliphatic carbocycles. The lowest BCUT2D eigenvalue weighted by atomic mass is 9.95. The summed E-state index contributed by atoms with van der Waals surface area (Å²) in [5, 5.41) is 10.6. The number of likely N-dealkylation sites (N-methyl/N-ethyl adjacent to an activating group) is 1. The Hall–Kier alpha value is -1.66. The van der Waals surface area contributed by atoms with Crippen molar-refractivity contribution in [1.29, 1.82) is 0 Å². The first-order valence-corrected chi connectivity index (χ1v) is 8.29. The molecule has 6 heteroatoms. The lowest BCUT2D eigenvalue weighted by Crippen LogP contribution is -2.44. The molecule has 1 atom stereocenters. The molecule has 1 saturated heterocycles. The zero-order valence-corrected chi connectivity index (χ0v) is 13.9. The molecule has 1 aromatic rings. The van der Waals surface area contributed by atoms with Gasteiger partial charge in [-0.05, 0) is 57.8 Å². The van der Waals surface area contributed by atoms with Crippen molar-refractivity contribution in [2.75, 3.05) is 33.7 Å². The molecule has 1 unspecified atom stereocenters. The predicted octanol–water partition coefficient (Wildman–Crippen LogP) is 0.392. The highest BCUT2D eigenvalue weighted by Gasteiger charge is 2.39. The predicted molar refractivity (Wildman–Crippen MR) is 87.7 cm³/mol. The minimum Gasteiger partial charge on any atom is -0.387 e. The van der Waals surface area contributed by atoms with Gasteiger partial charge in [0.1, 0.15) is 5.56 Å². The zero-order chi connectivity index (χ0) is 16.6. The van der Waals surface area contributed by atoms with Crippen LogP contribution in [0.4, 0.5) is 0 Å². The number of amides is 1. The van der Waals surface area contributed by atoms with Crippen LogP contribution in [-0.4, -0.2) is 65.1 Å². The normalized spacial score (nSPS) is 24.1. The van der Waals surface area contributed by atoms with Crippen LogP contribution >= 0.6 is 0 Å². The van der Waals surface area contributed by atoms with Crippen LogP contribution < -0.4 is 5.56 Å². The van der Waals surface area contributed by atoms with Crippen molar-refractivity contribution in [3.05, 3.63) is 33.2 Å². The Morgan fingerprint density at radius 1 is 1.39 bits per heavy atom. The number of pyridine rings is 1. The summed E-state index contributed by atoms with van der Waals surface area (Å²) in [7, 11) is 3.80. The van der Waals surface area contributed by atoms with Crippen molar-refractivity contribution in [1.82, 2.24) is 14.8 Å². The number of aromatic amines is 1. The number of hydrogen-bond acceptors (Lipinski definition) is 4. The van der Waals surface area contributed by atoms with E-state index in [0.29, 0.717) is 19.5 Å². The van der Waals surface area contributed by atoms with Gasteiger partial charge in [-0.1, -0.05) is 0 Å². The number of aryl methyl sites for hydroxylation is 2. The maximum atomic E-state index is 12.7. The topological polar surface area (TPSA) is 76.6 Å². The smallest absolute Gasteiger partial charge is 0.261 e. The van der Waals surface area contributed by atoms with Crippen LogP contribution in [0, 0.1) is 0 Å². The molecule has 2 heterocycles. The summed E-state index contributed by atoms with van der Waals surface area (Å²) >= 11 is 0. The van der Waals surface area contributed by atoms with Crippen molar-refractivity contribution >= 4 is 5.91 Å². The number of carbonyl (C=O) groups is 1. The maximum absolute atomic E-state index is 12.7. The Balaban J connectivity index is 1.80. The van der Waals surface area contributed by atoms with E-state index < -0.39 is 5.60 Å². The monoisotopic (exact) mass is 319 g/mol. The Kier molecular flexibility index (Phi) is 4.29. The Labute approximate surface area is 136 Å². The second-order valence-corrected chi connectivity index (χ2v) is 7.16.